The molecule has 1 aromatic rings. The fraction of sp³-hybridized carbons (Fsp3) is 0.444. The number of thiophene rings is 1. The van der Waals surface area contributed by atoms with Crippen LogP contribution in [-0.2, 0) is 11.2 Å². The van der Waals surface area contributed by atoms with Crippen LogP contribution in [-0.4, -0.2) is 26.0 Å². The minimum Gasteiger partial charge on any atom is -0.355 e. The topological polar surface area (TPSA) is 41.1 Å². The molecule has 0 aromatic carbocycles. The third-order valence-corrected chi connectivity index (χ3v) is 3.61. The first-order chi connectivity index (χ1) is 6.72. The van der Waals surface area contributed by atoms with Crippen molar-refractivity contribution in [2.45, 2.75) is 6.42 Å². The van der Waals surface area contributed by atoms with Gasteiger partial charge in [0.15, 0.2) is 0 Å². The van der Waals surface area contributed by atoms with Crippen molar-refractivity contribution in [2.24, 2.45) is 0 Å². The van der Waals surface area contributed by atoms with Gasteiger partial charge in [-0.1, -0.05) is 0 Å². The molecule has 1 rings (SSSR count). The second-order valence-corrected chi connectivity index (χ2v) is 5.90. The normalized spacial score (nSPS) is 9.47. The molecule has 0 fully saturated rings. The van der Waals surface area contributed by atoms with Crippen molar-refractivity contribution in [3.05, 3.63) is 19.9 Å². The number of rotatable bonds is 5. The lowest BCUT2D eigenvalue weighted by Crippen LogP contribution is -2.33. The average molecular weight is 361 g/mol. The number of likely N-dealkylation sites (N-methyl/N-ethyl adjacent to an activating group) is 1. The molecule has 3 nitrogen and oxygen atoms in total. The Morgan fingerprint density at radius 1 is 1.53 bits per heavy atom. The Bertz CT molecular complexity index is 306. The molecule has 0 saturated heterocycles. The number of hydrogen-bond donors (Lipinski definition) is 2. The summed E-state index contributed by atoms with van der Waals surface area (Å²) in [4.78, 5) is 12.4. The van der Waals surface area contributed by atoms with Gasteiger partial charge in [0.2, 0.25) is 5.91 Å². The van der Waals surface area contributed by atoms with E-state index in [4.69, 9.17) is 0 Å². The summed E-state index contributed by atoms with van der Waals surface area (Å²) in [5.74, 6) is 0.0544. The zero-order valence-electron chi connectivity index (χ0n) is 8.38. The predicted octanol–water partition coefficient (Wildman–Crippen LogP) is 1.65. The molecule has 0 aliphatic carbocycles. The minimum atomic E-state index is 0. The number of nitrogens with one attached hydrogen (secondary N) is 2. The van der Waals surface area contributed by atoms with Crippen LogP contribution < -0.4 is 10.6 Å². The third kappa shape index (κ3) is 6.34. The lowest BCUT2D eigenvalue weighted by Gasteiger charge is -2.02. The van der Waals surface area contributed by atoms with Crippen LogP contribution in [0.4, 0.5) is 0 Å². The smallest absolute Gasteiger partial charge is 0.233 e. The van der Waals surface area contributed by atoms with Crippen molar-refractivity contribution >= 4 is 52.2 Å². The van der Waals surface area contributed by atoms with Crippen LogP contribution in [0.1, 0.15) is 4.88 Å². The second-order valence-electron chi connectivity index (χ2n) is 2.84. The van der Waals surface area contributed by atoms with Crippen LogP contribution >= 0.6 is 46.3 Å². The highest BCUT2D eigenvalue weighted by Gasteiger charge is 2.00. The second kappa shape index (κ2) is 8.32. The molecule has 15 heavy (non-hydrogen) atoms. The van der Waals surface area contributed by atoms with E-state index < -0.39 is 0 Å². The van der Waals surface area contributed by atoms with Gasteiger partial charge in [0, 0.05) is 11.4 Å². The van der Waals surface area contributed by atoms with Gasteiger partial charge in [0.1, 0.15) is 0 Å². The molecule has 0 saturated carbocycles. The summed E-state index contributed by atoms with van der Waals surface area (Å²) in [5, 5.41) is 5.65. The van der Waals surface area contributed by atoms with Gasteiger partial charge in [0.05, 0.1) is 9.43 Å². The molecule has 1 amide bonds. The zero-order chi connectivity index (χ0) is 10.4. The highest BCUT2D eigenvalue weighted by molar-refractivity contribution is 14.1. The minimum absolute atomic E-state index is 0. The summed E-state index contributed by atoms with van der Waals surface area (Å²) in [5.41, 5.74) is 0. The van der Waals surface area contributed by atoms with Crippen molar-refractivity contribution in [1.29, 1.82) is 0 Å². The van der Waals surface area contributed by atoms with Gasteiger partial charge in [-0.3, -0.25) is 4.79 Å². The van der Waals surface area contributed by atoms with Gasteiger partial charge < -0.3 is 10.6 Å². The monoisotopic (exact) mass is 360 g/mol. The molecule has 6 heteroatoms. The van der Waals surface area contributed by atoms with Crippen LogP contribution in [0.2, 0.25) is 0 Å². The Balaban J connectivity index is 0.00000196. The van der Waals surface area contributed by atoms with Crippen LogP contribution in [0.25, 0.3) is 0 Å². The van der Waals surface area contributed by atoms with Crippen molar-refractivity contribution in [2.75, 3.05) is 20.1 Å². The number of carbonyl (C=O) groups excluding carboxylic acids is 1. The van der Waals surface area contributed by atoms with Gasteiger partial charge >= 0.3 is 0 Å². The van der Waals surface area contributed by atoms with E-state index in [2.05, 4.69) is 45.4 Å². The van der Waals surface area contributed by atoms with Gasteiger partial charge in [-0.15, -0.1) is 23.7 Å². The molecule has 1 heterocycles. The molecule has 0 atom stereocenters. The first-order valence-electron chi connectivity index (χ1n) is 4.38. The molecule has 0 spiro atoms. The molecule has 0 aliphatic rings. The van der Waals surface area contributed by atoms with E-state index in [0.717, 1.165) is 13.0 Å². The quantitative estimate of drug-likeness (QED) is 0.784. The van der Waals surface area contributed by atoms with Crippen LogP contribution in [0, 0.1) is 2.88 Å². The number of hydrogen-bond acceptors (Lipinski definition) is 3. The molecular formula is C9H14ClIN2OS. The summed E-state index contributed by atoms with van der Waals surface area (Å²) in [6.45, 7) is 1.11. The van der Waals surface area contributed by atoms with Crippen LogP contribution in [0.15, 0.2) is 12.1 Å². The van der Waals surface area contributed by atoms with Crippen molar-refractivity contribution in [3.63, 3.8) is 0 Å². The van der Waals surface area contributed by atoms with Gasteiger partial charge in [-0.2, -0.15) is 0 Å². The Labute approximate surface area is 114 Å². The number of amides is 1. The van der Waals surface area contributed by atoms with Gasteiger partial charge in [-0.25, -0.2) is 0 Å². The maximum atomic E-state index is 11.1. The molecular weight excluding hydrogens is 347 g/mol. The number of carbonyl (C=O) groups is 1. The Hall–Kier alpha value is 0.150. The molecule has 2 N–H and O–H groups in total. The van der Waals surface area contributed by atoms with Gasteiger partial charge in [0.25, 0.3) is 0 Å². The zero-order valence-corrected chi connectivity index (χ0v) is 12.2. The average Bonchev–Trinajstić information content (AvgIpc) is 2.52. The fourth-order valence-corrected chi connectivity index (χ4v) is 2.79. The molecule has 1 aromatic heterocycles. The summed E-state index contributed by atoms with van der Waals surface area (Å²) >= 11 is 4.07. The predicted molar refractivity (Wildman–Crippen MR) is 74.9 cm³/mol. The molecule has 0 aliphatic heterocycles. The first-order valence-corrected chi connectivity index (χ1v) is 6.27. The molecule has 0 bridgehead atoms. The third-order valence-electron chi connectivity index (χ3n) is 1.66. The number of halogens is 2. The lowest BCUT2D eigenvalue weighted by molar-refractivity contribution is -0.120. The maximum Gasteiger partial charge on any atom is 0.233 e. The van der Waals surface area contributed by atoms with E-state index >= 15 is 0 Å². The van der Waals surface area contributed by atoms with Crippen molar-refractivity contribution in [3.8, 4) is 0 Å². The summed E-state index contributed by atoms with van der Waals surface area (Å²) in [6, 6.07) is 4.20. The summed E-state index contributed by atoms with van der Waals surface area (Å²) < 4.78 is 1.29. The Kier molecular flexibility index (Phi) is 8.40. The standard InChI is InChI=1S/C9H13IN2OS.ClH/c1-11-6-9(13)12-5-4-7-2-3-8(10)14-7;/h2-3,11H,4-6H2,1H3,(H,12,13);1H. The van der Waals surface area contributed by atoms with E-state index in [9.17, 15) is 4.79 Å². The van der Waals surface area contributed by atoms with E-state index in [0.29, 0.717) is 6.54 Å². The van der Waals surface area contributed by atoms with Crippen LogP contribution in [0.3, 0.4) is 0 Å². The first kappa shape index (κ1) is 15.2. The van der Waals surface area contributed by atoms with Crippen LogP contribution in [0.5, 0.6) is 0 Å². The largest absolute Gasteiger partial charge is 0.355 e. The summed E-state index contributed by atoms with van der Waals surface area (Å²) in [7, 11) is 1.77. The molecule has 86 valence electrons. The molecule has 0 radical (unpaired) electrons. The fourth-order valence-electron chi connectivity index (χ4n) is 1.03. The lowest BCUT2D eigenvalue weighted by atomic mass is 10.3. The van der Waals surface area contributed by atoms with E-state index in [1.807, 2.05) is 0 Å². The van der Waals surface area contributed by atoms with E-state index in [1.165, 1.54) is 7.76 Å². The van der Waals surface area contributed by atoms with E-state index in [1.54, 1.807) is 18.4 Å². The Morgan fingerprint density at radius 2 is 2.27 bits per heavy atom. The summed E-state index contributed by atoms with van der Waals surface area (Å²) in [6.07, 6.45) is 0.920. The highest BCUT2D eigenvalue weighted by atomic mass is 127. The van der Waals surface area contributed by atoms with Crippen molar-refractivity contribution < 1.29 is 4.79 Å². The maximum absolute atomic E-state index is 11.1. The SMILES string of the molecule is CNCC(=O)NCCc1ccc(I)s1.Cl. The highest BCUT2D eigenvalue weighted by Crippen LogP contribution is 2.18. The van der Waals surface area contributed by atoms with Gasteiger partial charge in [-0.05, 0) is 48.2 Å². The molecule has 0 unspecified atom stereocenters. The van der Waals surface area contributed by atoms with Crippen molar-refractivity contribution in [1.82, 2.24) is 10.6 Å². The van der Waals surface area contributed by atoms with E-state index in [-0.39, 0.29) is 18.3 Å². The Morgan fingerprint density at radius 3 is 2.80 bits per heavy atom.